The number of aromatic nitrogens is 6. The van der Waals surface area contributed by atoms with Crippen molar-refractivity contribution in [1.29, 1.82) is 0 Å². The zero-order valence-electron chi connectivity index (χ0n) is 44.8. The van der Waals surface area contributed by atoms with Gasteiger partial charge in [0, 0.05) is 71.8 Å². The van der Waals surface area contributed by atoms with Gasteiger partial charge in [0.25, 0.3) is 20.0 Å². The van der Waals surface area contributed by atoms with Crippen molar-refractivity contribution in [3.8, 4) is 46.0 Å². The van der Waals surface area contributed by atoms with E-state index in [2.05, 4.69) is 14.4 Å². The number of nitrogens with zero attached hydrogens (tertiary/aromatic N) is 6. The standard InChI is InChI=1S/C30H29N3O7S.C23H25N5O6S.C2H6/c1-32-25-17-24(31-41(35,36)23-13-14-27(37-3)29(16-23)38-4)28(18-26(25)33(2)30(32)34)40-22-12-8-11-21(15-22)39-19-20-9-6-5-7-10-20;1-14(29)13-33-16-7-6-8-17(9-16)34-21-11-20-19(27(4)23(30)28(20)5)10-18(21)25-35(31,32)22-12-26(3)15(2)24-22;1-2/h5-18,31H,19H2,1-4H3;6-12,25H,13H2,1-5H3;1-2H3. The van der Waals surface area contributed by atoms with Crippen LogP contribution in [0.4, 0.5) is 11.4 Å². The first-order valence-corrected chi connectivity index (χ1v) is 27.1. The Labute approximate surface area is 450 Å². The van der Waals surface area contributed by atoms with Gasteiger partial charge in [0.1, 0.15) is 42.0 Å². The lowest BCUT2D eigenvalue weighted by atomic mass is 10.2. The van der Waals surface area contributed by atoms with Gasteiger partial charge in [-0.05, 0) is 67.9 Å². The molecule has 23 heteroatoms. The van der Waals surface area contributed by atoms with E-state index in [4.69, 9.17) is 28.4 Å². The Morgan fingerprint density at radius 2 is 1.03 bits per heavy atom. The molecule has 0 saturated carbocycles. The van der Waals surface area contributed by atoms with Gasteiger partial charge in [-0.15, -0.1) is 0 Å². The Kier molecular flexibility index (Phi) is 17.4. The molecule has 3 aromatic heterocycles. The van der Waals surface area contributed by atoms with Crippen molar-refractivity contribution in [2.45, 2.75) is 44.2 Å². The third kappa shape index (κ3) is 12.6. The second-order valence-electron chi connectivity index (χ2n) is 17.4. The fourth-order valence-corrected chi connectivity index (χ4v) is 10.0. The summed E-state index contributed by atoms with van der Waals surface area (Å²) in [4.78, 5) is 40.4. The maximum Gasteiger partial charge on any atom is 0.328 e. The third-order valence-corrected chi connectivity index (χ3v) is 14.6. The van der Waals surface area contributed by atoms with Gasteiger partial charge < -0.3 is 33.0 Å². The number of hydrogen-bond donors (Lipinski definition) is 2. The molecule has 0 amide bonds. The van der Waals surface area contributed by atoms with Crippen molar-refractivity contribution in [2.24, 2.45) is 35.2 Å². The van der Waals surface area contributed by atoms with Crippen molar-refractivity contribution in [2.75, 3.05) is 30.3 Å². The minimum Gasteiger partial charge on any atom is -0.493 e. The number of rotatable bonds is 18. The van der Waals surface area contributed by atoms with Crippen LogP contribution in [0, 0.1) is 6.92 Å². The lowest BCUT2D eigenvalue weighted by Gasteiger charge is -2.16. The number of fused-ring (bicyclic) bond motifs is 2. The number of sulfonamides is 2. The molecule has 0 aliphatic heterocycles. The Balaban J connectivity index is 0.000000222. The average molecular weight is 1110 g/mol. The van der Waals surface area contributed by atoms with E-state index in [9.17, 15) is 31.2 Å². The summed E-state index contributed by atoms with van der Waals surface area (Å²) in [6.07, 6.45) is 1.41. The van der Waals surface area contributed by atoms with Crippen LogP contribution in [-0.2, 0) is 66.7 Å². The number of ether oxygens (including phenoxy) is 6. The van der Waals surface area contributed by atoms with Gasteiger partial charge in [0.15, 0.2) is 33.8 Å². The molecule has 0 aliphatic rings. The van der Waals surface area contributed by atoms with Gasteiger partial charge in [-0.3, -0.25) is 32.5 Å². The predicted octanol–water partition coefficient (Wildman–Crippen LogP) is 8.57. The van der Waals surface area contributed by atoms with Crippen molar-refractivity contribution in [3.05, 3.63) is 160 Å². The van der Waals surface area contributed by atoms with Gasteiger partial charge in [0.2, 0.25) is 0 Å². The molecule has 0 saturated heterocycles. The number of imidazole rings is 3. The van der Waals surface area contributed by atoms with Crippen LogP contribution < -0.4 is 49.2 Å². The maximum atomic E-state index is 13.5. The molecule has 0 bridgehead atoms. The summed E-state index contributed by atoms with van der Waals surface area (Å²) in [5.74, 6) is 3.18. The van der Waals surface area contributed by atoms with Gasteiger partial charge in [-0.1, -0.05) is 56.3 Å². The number of carbonyl (C=O) groups excluding carboxylic acids is 1. The Morgan fingerprint density at radius 3 is 1.50 bits per heavy atom. The van der Waals surface area contributed by atoms with E-state index in [0.29, 0.717) is 63.2 Å². The maximum absolute atomic E-state index is 13.5. The Hall–Kier alpha value is -8.96. The highest BCUT2D eigenvalue weighted by atomic mass is 32.2. The smallest absolute Gasteiger partial charge is 0.328 e. The number of aryl methyl sites for hydroxylation is 6. The van der Waals surface area contributed by atoms with Crippen LogP contribution in [0.1, 0.15) is 32.2 Å². The second kappa shape index (κ2) is 23.9. The van der Waals surface area contributed by atoms with Gasteiger partial charge >= 0.3 is 11.4 Å². The number of Topliss-reactive ketones (excluding diaryl/α,β-unsaturated/α-hetero) is 1. The minimum atomic E-state index is -4.10. The normalized spacial score (nSPS) is 11.2. The zero-order chi connectivity index (χ0) is 56.6. The van der Waals surface area contributed by atoms with E-state index in [-0.39, 0.29) is 62.3 Å². The number of anilines is 2. The van der Waals surface area contributed by atoms with Gasteiger partial charge in [-0.25, -0.2) is 23.0 Å². The highest BCUT2D eigenvalue weighted by Crippen LogP contribution is 2.39. The molecule has 0 spiro atoms. The highest BCUT2D eigenvalue weighted by molar-refractivity contribution is 7.93. The predicted molar refractivity (Wildman–Crippen MR) is 297 cm³/mol. The molecule has 0 radical (unpaired) electrons. The summed E-state index contributed by atoms with van der Waals surface area (Å²) in [6.45, 7) is 7.40. The van der Waals surface area contributed by atoms with Crippen LogP contribution in [-0.4, -0.2) is 71.3 Å². The van der Waals surface area contributed by atoms with Crippen LogP contribution in [0.15, 0.2) is 147 Å². The Morgan fingerprint density at radius 1 is 0.551 bits per heavy atom. The molecule has 6 aromatic carbocycles. The molecule has 3 heterocycles. The van der Waals surface area contributed by atoms with Crippen LogP contribution in [0.3, 0.4) is 0 Å². The van der Waals surface area contributed by atoms with Crippen molar-refractivity contribution >= 4 is 59.3 Å². The summed E-state index contributed by atoms with van der Waals surface area (Å²) >= 11 is 0. The van der Waals surface area contributed by atoms with E-state index >= 15 is 0 Å². The van der Waals surface area contributed by atoms with Crippen LogP contribution in [0.5, 0.6) is 46.0 Å². The van der Waals surface area contributed by atoms with Crippen LogP contribution in [0.25, 0.3) is 22.1 Å². The molecular weight excluding hydrogens is 1040 g/mol. The molecule has 0 unspecified atom stereocenters. The Bertz CT molecular complexity index is 3990. The fraction of sp³-hybridized carbons (Fsp3) is 0.236. The molecule has 0 atom stereocenters. The lowest BCUT2D eigenvalue weighted by Crippen LogP contribution is -2.19. The molecular formula is C55H60N8O13S2. The summed E-state index contributed by atoms with van der Waals surface area (Å²) in [5.41, 5.74) is 2.90. The topological polar surface area (TPSA) is 236 Å². The van der Waals surface area contributed by atoms with Crippen LogP contribution in [0.2, 0.25) is 0 Å². The number of nitrogens with one attached hydrogen (secondary N) is 2. The zero-order valence-corrected chi connectivity index (χ0v) is 46.5. The first-order chi connectivity index (χ1) is 37.2. The quantitative estimate of drug-likeness (QED) is 0.0819. The van der Waals surface area contributed by atoms with Gasteiger partial charge in [-0.2, -0.15) is 8.42 Å². The molecule has 9 rings (SSSR count). The molecule has 410 valence electrons. The second-order valence-corrected chi connectivity index (χ2v) is 20.7. The SMILES string of the molecule is CC.CC(=O)COc1cccc(Oc2cc3c(cc2NS(=O)(=O)c2cn(C)c(C)n2)n(C)c(=O)n3C)c1.COc1ccc(S(=O)(=O)Nc2cc3c(cc2Oc2cccc(OCc4ccccc4)c2)n(C)c(=O)n3C)cc1OC. The molecule has 0 aliphatic carbocycles. The molecule has 9 aromatic rings. The molecule has 2 N–H and O–H groups in total. The first kappa shape index (κ1) is 56.8. The number of carbonyl (C=O) groups is 1. The monoisotopic (exact) mass is 1100 g/mol. The summed E-state index contributed by atoms with van der Waals surface area (Å²) < 4.78 is 99.8. The van der Waals surface area contributed by atoms with Crippen molar-refractivity contribution in [3.63, 3.8) is 0 Å². The fourth-order valence-electron chi connectivity index (χ4n) is 7.86. The average Bonchev–Trinajstić information content (AvgIpc) is 3.98. The molecule has 21 nitrogen and oxygen atoms in total. The molecule has 78 heavy (non-hydrogen) atoms. The lowest BCUT2D eigenvalue weighted by molar-refractivity contribution is -0.118. The third-order valence-electron chi connectivity index (χ3n) is 12.0. The first-order valence-electron chi connectivity index (χ1n) is 24.2. The van der Waals surface area contributed by atoms with Crippen LogP contribution >= 0.6 is 0 Å². The van der Waals surface area contributed by atoms with E-state index in [1.807, 2.05) is 44.2 Å². The van der Waals surface area contributed by atoms with Gasteiger partial charge in [0.05, 0.1) is 52.6 Å². The minimum absolute atomic E-state index is 0.0422. The van der Waals surface area contributed by atoms with E-state index < -0.39 is 20.0 Å². The largest absolute Gasteiger partial charge is 0.493 e. The summed E-state index contributed by atoms with van der Waals surface area (Å²) in [6, 6.07) is 34.0. The number of ketones is 1. The summed E-state index contributed by atoms with van der Waals surface area (Å²) in [5, 5.41) is -0.148. The van der Waals surface area contributed by atoms with E-state index in [0.717, 1.165) is 5.56 Å². The number of benzene rings is 6. The number of methoxy groups -OCH3 is 2. The highest BCUT2D eigenvalue weighted by Gasteiger charge is 2.25. The molecule has 0 fully saturated rings. The number of hydrogen-bond acceptors (Lipinski definition) is 14. The van der Waals surface area contributed by atoms with Crippen molar-refractivity contribution < 1.29 is 50.1 Å². The van der Waals surface area contributed by atoms with E-state index in [1.165, 1.54) is 69.9 Å². The van der Waals surface area contributed by atoms with E-state index in [1.54, 1.807) is 113 Å². The summed E-state index contributed by atoms with van der Waals surface area (Å²) in [7, 11) is 2.90. The van der Waals surface area contributed by atoms with Crippen molar-refractivity contribution in [1.82, 2.24) is 27.8 Å².